The summed E-state index contributed by atoms with van der Waals surface area (Å²) < 4.78 is -1.51. The average Bonchev–Trinajstić information content (AvgIpc) is 1.87. The molecule has 68 valence electrons. The van der Waals surface area contributed by atoms with E-state index in [4.69, 9.17) is 0 Å². The Morgan fingerprint density at radius 2 is 1.91 bits per heavy atom. The normalized spacial score (nSPS) is 15.0. The van der Waals surface area contributed by atoms with E-state index in [9.17, 15) is 10.2 Å². The molecule has 0 saturated heterocycles. The van der Waals surface area contributed by atoms with Gasteiger partial charge < -0.3 is 10.2 Å². The van der Waals surface area contributed by atoms with Crippen LogP contribution >= 0.6 is 22.6 Å². The molecule has 0 aliphatic carbocycles. The second kappa shape index (κ2) is 5.32. The van der Waals surface area contributed by atoms with Crippen LogP contribution in [0.2, 0.25) is 0 Å². The summed E-state index contributed by atoms with van der Waals surface area (Å²) in [7, 11) is 0. The van der Waals surface area contributed by atoms with Gasteiger partial charge in [-0.25, -0.2) is 0 Å². The molecule has 0 spiro atoms. The highest BCUT2D eigenvalue weighted by Crippen LogP contribution is 2.29. The van der Waals surface area contributed by atoms with Crippen LogP contribution in [-0.2, 0) is 0 Å². The zero-order valence-corrected chi connectivity index (χ0v) is 9.34. The third kappa shape index (κ3) is 4.98. The maximum atomic E-state index is 9.25. The number of hydrogen-bond acceptors (Lipinski definition) is 2. The van der Waals surface area contributed by atoms with Crippen molar-refractivity contribution in [1.29, 1.82) is 0 Å². The van der Waals surface area contributed by atoms with Gasteiger partial charge in [-0.05, 0) is 35.4 Å². The SMILES string of the molecule is CCCCC(CC)C(O)(O)I. The monoisotopic (exact) mass is 272 g/mol. The van der Waals surface area contributed by atoms with Crippen molar-refractivity contribution in [3.05, 3.63) is 0 Å². The lowest BCUT2D eigenvalue weighted by Gasteiger charge is -2.24. The van der Waals surface area contributed by atoms with Crippen molar-refractivity contribution < 1.29 is 10.2 Å². The van der Waals surface area contributed by atoms with Gasteiger partial charge in [0.2, 0.25) is 3.79 Å². The van der Waals surface area contributed by atoms with Gasteiger partial charge in [0.1, 0.15) is 0 Å². The van der Waals surface area contributed by atoms with Gasteiger partial charge in [0, 0.05) is 5.92 Å². The van der Waals surface area contributed by atoms with Crippen molar-refractivity contribution >= 4 is 22.6 Å². The predicted octanol–water partition coefficient (Wildman–Crippen LogP) is 2.28. The Bertz CT molecular complexity index is 98.8. The van der Waals surface area contributed by atoms with E-state index in [1.54, 1.807) is 22.6 Å². The minimum atomic E-state index is -1.51. The molecular formula is C8H17IO2. The number of alkyl halides is 1. The fraction of sp³-hybridized carbons (Fsp3) is 1.00. The fourth-order valence-corrected chi connectivity index (χ4v) is 1.85. The first-order chi connectivity index (χ1) is 5.02. The maximum Gasteiger partial charge on any atom is 0.219 e. The Morgan fingerprint density at radius 3 is 2.18 bits per heavy atom. The minimum Gasteiger partial charge on any atom is -0.357 e. The molecule has 0 aliphatic rings. The molecule has 0 saturated carbocycles. The van der Waals surface area contributed by atoms with Gasteiger partial charge in [-0.1, -0.05) is 26.7 Å². The second-order valence-corrected chi connectivity index (χ2v) is 4.47. The fourth-order valence-electron chi connectivity index (χ4n) is 1.10. The Hall–Kier alpha value is 0.650. The molecule has 11 heavy (non-hydrogen) atoms. The number of aliphatic hydroxyl groups is 2. The molecule has 0 fully saturated rings. The highest BCUT2D eigenvalue weighted by molar-refractivity contribution is 14.1. The van der Waals surface area contributed by atoms with Crippen LogP contribution in [0.5, 0.6) is 0 Å². The van der Waals surface area contributed by atoms with Gasteiger partial charge >= 0.3 is 0 Å². The lowest BCUT2D eigenvalue weighted by atomic mass is 9.99. The largest absolute Gasteiger partial charge is 0.357 e. The summed E-state index contributed by atoms with van der Waals surface area (Å²) in [6.07, 6.45) is 3.92. The van der Waals surface area contributed by atoms with Crippen LogP contribution in [0.25, 0.3) is 0 Å². The smallest absolute Gasteiger partial charge is 0.219 e. The topological polar surface area (TPSA) is 40.5 Å². The summed E-state index contributed by atoms with van der Waals surface area (Å²) in [5.74, 6) is 0.0167. The number of hydrogen-bond donors (Lipinski definition) is 2. The summed E-state index contributed by atoms with van der Waals surface area (Å²) in [5, 5.41) is 18.5. The predicted molar refractivity (Wildman–Crippen MR) is 54.5 cm³/mol. The third-order valence-electron chi connectivity index (χ3n) is 1.92. The standard InChI is InChI=1S/C8H17IO2/c1-3-5-6-7(4-2)8(9,10)11/h7,10-11H,3-6H2,1-2H3. The summed E-state index contributed by atoms with van der Waals surface area (Å²) >= 11 is 1.69. The van der Waals surface area contributed by atoms with Crippen molar-refractivity contribution in [2.45, 2.75) is 43.3 Å². The Labute approximate surface area is 82.1 Å². The van der Waals surface area contributed by atoms with E-state index in [1.165, 1.54) is 0 Å². The van der Waals surface area contributed by atoms with Gasteiger partial charge in [-0.15, -0.1) is 0 Å². The zero-order valence-electron chi connectivity index (χ0n) is 7.18. The maximum absolute atomic E-state index is 9.25. The molecule has 0 rings (SSSR count). The van der Waals surface area contributed by atoms with E-state index in [1.807, 2.05) is 6.92 Å². The molecule has 1 unspecified atom stereocenters. The van der Waals surface area contributed by atoms with Crippen LogP contribution in [-0.4, -0.2) is 14.0 Å². The van der Waals surface area contributed by atoms with Crippen LogP contribution < -0.4 is 0 Å². The third-order valence-corrected chi connectivity index (χ3v) is 2.80. The molecule has 0 bridgehead atoms. The van der Waals surface area contributed by atoms with Crippen molar-refractivity contribution in [2.75, 3.05) is 0 Å². The zero-order chi connectivity index (χ0) is 8.91. The van der Waals surface area contributed by atoms with Crippen molar-refractivity contribution in [1.82, 2.24) is 0 Å². The summed E-state index contributed by atoms with van der Waals surface area (Å²) in [4.78, 5) is 0. The highest BCUT2D eigenvalue weighted by atomic mass is 127. The summed E-state index contributed by atoms with van der Waals surface area (Å²) in [6, 6.07) is 0. The van der Waals surface area contributed by atoms with E-state index in [0.717, 1.165) is 25.7 Å². The number of rotatable bonds is 5. The summed E-state index contributed by atoms with van der Waals surface area (Å²) in [5.41, 5.74) is 0. The Balaban J connectivity index is 3.76. The lowest BCUT2D eigenvalue weighted by molar-refractivity contribution is -0.105. The first kappa shape index (κ1) is 11.6. The second-order valence-electron chi connectivity index (χ2n) is 2.88. The van der Waals surface area contributed by atoms with Crippen LogP contribution in [0, 0.1) is 5.92 Å². The van der Waals surface area contributed by atoms with Crippen LogP contribution in [0.3, 0.4) is 0 Å². The molecule has 0 radical (unpaired) electrons. The minimum absolute atomic E-state index is 0.0167. The van der Waals surface area contributed by atoms with Gasteiger partial charge in [0.25, 0.3) is 0 Å². The molecule has 3 heteroatoms. The van der Waals surface area contributed by atoms with Crippen molar-refractivity contribution in [2.24, 2.45) is 5.92 Å². The van der Waals surface area contributed by atoms with Crippen molar-refractivity contribution in [3.8, 4) is 0 Å². The molecule has 2 nitrogen and oxygen atoms in total. The molecule has 0 amide bonds. The van der Waals surface area contributed by atoms with Gasteiger partial charge in [-0.2, -0.15) is 0 Å². The Kier molecular flexibility index (Phi) is 5.64. The molecule has 0 aliphatic heterocycles. The van der Waals surface area contributed by atoms with Gasteiger partial charge in [0.05, 0.1) is 0 Å². The van der Waals surface area contributed by atoms with E-state index in [-0.39, 0.29) is 5.92 Å². The number of halogens is 1. The van der Waals surface area contributed by atoms with Gasteiger partial charge in [0.15, 0.2) is 0 Å². The van der Waals surface area contributed by atoms with E-state index in [2.05, 4.69) is 6.92 Å². The molecule has 0 aromatic heterocycles. The number of unbranched alkanes of at least 4 members (excludes halogenated alkanes) is 1. The van der Waals surface area contributed by atoms with Gasteiger partial charge in [-0.3, -0.25) is 0 Å². The lowest BCUT2D eigenvalue weighted by Crippen LogP contribution is -2.29. The molecule has 0 aromatic carbocycles. The quantitative estimate of drug-likeness (QED) is 0.458. The van der Waals surface area contributed by atoms with E-state index < -0.39 is 3.79 Å². The molecule has 0 aromatic rings. The molecule has 0 heterocycles. The van der Waals surface area contributed by atoms with Crippen LogP contribution in [0.1, 0.15) is 39.5 Å². The van der Waals surface area contributed by atoms with Crippen molar-refractivity contribution in [3.63, 3.8) is 0 Å². The molecule has 1 atom stereocenters. The van der Waals surface area contributed by atoms with Crippen LogP contribution in [0.4, 0.5) is 0 Å². The first-order valence-corrected chi connectivity index (χ1v) is 5.23. The molecular weight excluding hydrogens is 255 g/mol. The average molecular weight is 272 g/mol. The first-order valence-electron chi connectivity index (χ1n) is 4.16. The summed E-state index contributed by atoms with van der Waals surface area (Å²) in [6.45, 7) is 4.09. The van der Waals surface area contributed by atoms with E-state index >= 15 is 0 Å². The van der Waals surface area contributed by atoms with Crippen LogP contribution in [0.15, 0.2) is 0 Å². The van der Waals surface area contributed by atoms with E-state index in [0.29, 0.717) is 0 Å². The highest BCUT2D eigenvalue weighted by Gasteiger charge is 2.28. The Morgan fingerprint density at radius 1 is 1.36 bits per heavy atom. The molecule has 2 N–H and O–H groups in total.